The van der Waals surface area contributed by atoms with Crippen LogP contribution in [0.25, 0.3) is 10.9 Å². The maximum Gasteiger partial charge on any atom is 0.149 e. The zero-order valence-corrected chi connectivity index (χ0v) is 14.4. The Hall–Kier alpha value is -2.05. The van der Waals surface area contributed by atoms with Gasteiger partial charge in [-0.3, -0.25) is 0 Å². The Labute approximate surface area is 147 Å². The largest absolute Gasteiger partial charge is 0.370 e. The number of nitrogens with zero attached hydrogens (tertiary/aromatic N) is 3. The highest BCUT2D eigenvalue weighted by Gasteiger charge is 2.24. The van der Waals surface area contributed by atoms with E-state index in [-0.39, 0.29) is 11.9 Å². The molecule has 0 amide bonds. The van der Waals surface area contributed by atoms with E-state index in [0.29, 0.717) is 18.7 Å². The number of anilines is 1. The third kappa shape index (κ3) is 2.87. The van der Waals surface area contributed by atoms with Gasteiger partial charge in [0.25, 0.3) is 0 Å². The number of rotatable bonds is 2. The first-order valence-corrected chi connectivity index (χ1v) is 8.53. The van der Waals surface area contributed by atoms with E-state index in [1.54, 1.807) is 6.07 Å². The van der Waals surface area contributed by atoms with Gasteiger partial charge in [-0.25, -0.2) is 14.4 Å². The normalized spacial score (nSPS) is 18.1. The van der Waals surface area contributed by atoms with Crippen LogP contribution in [0.5, 0.6) is 0 Å². The molecule has 1 aliphatic rings. The van der Waals surface area contributed by atoms with Gasteiger partial charge in [-0.05, 0) is 29.8 Å². The fraction of sp³-hybridized carbons (Fsp3) is 0.222. The fourth-order valence-corrected chi connectivity index (χ4v) is 3.27. The first-order chi connectivity index (χ1) is 11.7. The quantitative estimate of drug-likeness (QED) is 0.663. The summed E-state index contributed by atoms with van der Waals surface area (Å²) >= 11 is 3.45. The van der Waals surface area contributed by atoms with E-state index in [0.717, 1.165) is 27.8 Å². The van der Waals surface area contributed by atoms with Crippen molar-refractivity contribution in [2.75, 3.05) is 24.6 Å². The number of fused-ring (bicyclic) bond motifs is 1. The van der Waals surface area contributed by atoms with Crippen LogP contribution in [-0.4, -0.2) is 29.7 Å². The zero-order valence-electron chi connectivity index (χ0n) is 12.8. The average molecular weight is 388 g/mol. The third-order valence-electron chi connectivity index (χ3n) is 4.20. The SMILES string of the molecule is Fc1cccc2c(N3CCOC(c4ccc(Br)cc4)C3)ncnc12. The lowest BCUT2D eigenvalue weighted by atomic mass is 10.1. The number of ether oxygens (including phenoxy) is 1. The molecule has 122 valence electrons. The van der Waals surface area contributed by atoms with Crippen molar-refractivity contribution in [3.8, 4) is 0 Å². The van der Waals surface area contributed by atoms with Crippen molar-refractivity contribution in [2.24, 2.45) is 0 Å². The van der Waals surface area contributed by atoms with Crippen LogP contribution >= 0.6 is 15.9 Å². The molecule has 2 heterocycles. The summed E-state index contributed by atoms with van der Waals surface area (Å²) in [5.41, 5.74) is 1.47. The van der Waals surface area contributed by atoms with E-state index >= 15 is 0 Å². The van der Waals surface area contributed by atoms with Gasteiger partial charge < -0.3 is 9.64 Å². The summed E-state index contributed by atoms with van der Waals surface area (Å²) in [6.45, 7) is 1.99. The zero-order chi connectivity index (χ0) is 16.5. The van der Waals surface area contributed by atoms with Crippen LogP contribution in [0.3, 0.4) is 0 Å². The third-order valence-corrected chi connectivity index (χ3v) is 4.73. The topological polar surface area (TPSA) is 38.2 Å². The number of morpholine rings is 1. The number of para-hydroxylation sites is 1. The van der Waals surface area contributed by atoms with Gasteiger partial charge >= 0.3 is 0 Å². The fourth-order valence-electron chi connectivity index (χ4n) is 3.01. The summed E-state index contributed by atoms with van der Waals surface area (Å²) in [5, 5.41) is 0.731. The van der Waals surface area contributed by atoms with Crippen molar-refractivity contribution < 1.29 is 9.13 Å². The van der Waals surface area contributed by atoms with E-state index in [9.17, 15) is 4.39 Å². The van der Waals surface area contributed by atoms with Crippen molar-refractivity contribution in [3.63, 3.8) is 0 Å². The molecule has 0 N–H and O–H groups in total. The molecule has 2 aromatic carbocycles. The van der Waals surface area contributed by atoms with Crippen LogP contribution in [-0.2, 0) is 4.74 Å². The van der Waals surface area contributed by atoms with E-state index in [1.807, 2.05) is 18.2 Å². The first kappa shape index (κ1) is 15.5. The van der Waals surface area contributed by atoms with Gasteiger partial charge in [-0.2, -0.15) is 0 Å². The molecule has 4 nitrogen and oxygen atoms in total. The number of aromatic nitrogens is 2. The van der Waals surface area contributed by atoms with Crippen molar-refractivity contribution in [1.82, 2.24) is 9.97 Å². The van der Waals surface area contributed by atoms with Gasteiger partial charge in [0, 0.05) is 22.9 Å². The molecule has 0 radical (unpaired) electrons. The van der Waals surface area contributed by atoms with Crippen LogP contribution in [0.1, 0.15) is 11.7 Å². The highest BCUT2D eigenvalue weighted by molar-refractivity contribution is 9.10. The molecular weight excluding hydrogens is 373 g/mol. The Bertz CT molecular complexity index is 872. The van der Waals surface area contributed by atoms with Gasteiger partial charge in [-0.1, -0.05) is 34.1 Å². The Morgan fingerprint density at radius 2 is 1.96 bits per heavy atom. The highest BCUT2D eigenvalue weighted by Crippen LogP contribution is 2.30. The summed E-state index contributed by atoms with van der Waals surface area (Å²) < 4.78 is 20.9. The predicted molar refractivity (Wildman–Crippen MR) is 94.5 cm³/mol. The van der Waals surface area contributed by atoms with E-state index < -0.39 is 0 Å². The minimum Gasteiger partial charge on any atom is -0.370 e. The second-order valence-corrected chi connectivity index (χ2v) is 6.61. The van der Waals surface area contributed by atoms with E-state index in [4.69, 9.17) is 4.74 Å². The van der Waals surface area contributed by atoms with Gasteiger partial charge in [0.05, 0.1) is 6.61 Å². The number of hydrogen-bond donors (Lipinski definition) is 0. The van der Waals surface area contributed by atoms with Crippen molar-refractivity contribution in [2.45, 2.75) is 6.10 Å². The van der Waals surface area contributed by atoms with Crippen LogP contribution in [0, 0.1) is 5.82 Å². The molecule has 0 bridgehead atoms. The highest BCUT2D eigenvalue weighted by atomic mass is 79.9. The van der Waals surface area contributed by atoms with Crippen LogP contribution in [0.2, 0.25) is 0 Å². The van der Waals surface area contributed by atoms with E-state index in [2.05, 4.69) is 42.9 Å². The summed E-state index contributed by atoms with van der Waals surface area (Å²) in [4.78, 5) is 10.6. The maximum absolute atomic E-state index is 14.0. The molecule has 1 atom stereocenters. The number of halogens is 2. The minimum absolute atomic E-state index is 0.0366. The minimum atomic E-state index is -0.325. The Balaban J connectivity index is 1.67. The van der Waals surface area contributed by atoms with Crippen LogP contribution in [0.4, 0.5) is 10.2 Å². The summed E-state index contributed by atoms with van der Waals surface area (Å²) in [7, 11) is 0. The van der Waals surface area contributed by atoms with Crippen molar-refractivity contribution in [3.05, 3.63) is 64.6 Å². The van der Waals surface area contributed by atoms with Crippen LogP contribution < -0.4 is 4.90 Å². The molecule has 0 saturated carbocycles. The molecule has 6 heteroatoms. The second kappa shape index (κ2) is 6.45. The van der Waals surface area contributed by atoms with E-state index in [1.165, 1.54) is 12.4 Å². The van der Waals surface area contributed by atoms with Crippen molar-refractivity contribution in [1.29, 1.82) is 0 Å². The summed E-state index contributed by atoms with van der Waals surface area (Å²) in [6.07, 6.45) is 1.38. The maximum atomic E-state index is 14.0. The second-order valence-electron chi connectivity index (χ2n) is 5.69. The average Bonchev–Trinajstić information content (AvgIpc) is 2.62. The molecule has 1 aliphatic heterocycles. The lowest BCUT2D eigenvalue weighted by molar-refractivity contribution is 0.0396. The van der Waals surface area contributed by atoms with Gasteiger partial charge in [0.1, 0.15) is 29.6 Å². The standard InChI is InChI=1S/C18H15BrFN3O/c19-13-6-4-12(5-7-13)16-10-23(8-9-24-16)18-14-2-1-3-15(20)17(14)21-11-22-18/h1-7,11,16H,8-10H2. The summed E-state index contributed by atoms with van der Waals surface area (Å²) in [5.74, 6) is 0.429. The molecule has 0 aliphatic carbocycles. The molecule has 3 aromatic rings. The predicted octanol–water partition coefficient (Wildman–Crippen LogP) is 4.11. The molecule has 0 spiro atoms. The molecule has 24 heavy (non-hydrogen) atoms. The Morgan fingerprint density at radius 1 is 1.12 bits per heavy atom. The number of hydrogen-bond acceptors (Lipinski definition) is 4. The van der Waals surface area contributed by atoms with Gasteiger partial charge in [0.15, 0.2) is 0 Å². The lowest BCUT2D eigenvalue weighted by Crippen LogP contribution is -2.39. The molecular formula is C18H15BrFN3O. The monoisotopic (exact) mass is 387 g/mol. The Morgan fingerprint density at radius 3 is 2.79 bits per heavy atom. The molecule has 1 aromatic heterocycles. The van der Waals surface area contributed by atoms with Gasteiger partial charge in [-0.15, -0.1) is 0 Å². The summed E-state index contributed by atoms with van der Waals surface area (Å²) in [6, 6.07) is 13.1. The molecule has 1 unspecified atom stereocenters. The smallest absolute Gasteiger partial charge is 0.149 e. The first-order valence-electron chi connectivity index (χ1n) is 7.73. The molecule has 1 saturated heterocycles. The lowest BCUT2D eigenvalue weighted by Gasteiger charge is -2.34. The van der Waals surface area contributed by atoms with Crippen LogP contribution in [0.15, 0.2) is 53.3 Å². The van der Waals surface area contributed by atoms with Crippen molar-refractivity contribution >= 4 is 32.7 Å². The number of benzene rings is 2. The van der Waals surface area contributed by atoms with Gasteiger partial charge in [0.2, 0.25) is 0 Å². The Kier molecular flexibility index (Phi) is 4.16. The molecule has 4 rings (SSSR count). The molecule has 1 fully saturated rings.